The third-order valence-electron chi connectivity index (χ3n) is 6.92. The van der Waals surface area contributed by atoms with Gasteiger partial charge in [0.1, 0.15) is 57.6 Å². The summed E-state index contributed by atoms with van der Waals surface area (Å²) in [7, 11) is 0. The molecular formula is C37H62F10O19. The molecule has 0 aliphatic heterocycles. The SMILES string of the molecule is C=CCCOCC(O)COCCC(O)COCC(F)(F)OC(F)(F)OC(F)(F)COCCOCC(O)COCCOCOCC(F)(F)OC(F)(F)COCC(O)COCC(O)COCC=C. The van der Waals surface area contributed by atoms with Gasteiger partial charge in [-0.2, -0.15) is 35.1 Å². The Bertz CT molecular complexity index is 1210. The fourth-order valence-electron chi connectivity index (χ4n) is 4.20. The largest absolute Gasteiger partial charge is 0.495 e. The number of halogens is 10. The normalized spacial score (nSPS) is 15.4. The van der Waals surface area contributed by atoms with E-state index in [1.54, 1.807) is 6.08 Å². The van der Waals surface area contributed by atoms with Crippen LogP contribution in [0.25, 0.3) is 0 Å². The van der Waals surface area contributed by atoms with E-state index in [2.05, 4.69) is 46.3 Å². The number of hydrogen-bond acceptors (Lipinski definition) is 19. The first-order valence-electron chi connectivity index (χ1n) is 19.9. The quantitative estimate of drug-likeness (QED) is 0.0254. The molecular weight excluding hydrogens is 938 g/mol. The molecule has 0 aromatic heterocycles. The van der Waals surface area contributed by atoms with Crippen molar-refractivity contribution in [3.05, 3.63) is 25.3 Å². The molecule has 394 valence electrons. The van der Waals surface area contributed by atoms with Gasteiger partial charge >= 0.3 is 30.7 Å². The lowest BCUT2D eigenvalue weighted by molar-refractivity contribution is -0.518. The summed E-state index contributed by atoms with van der Waals surface area (Å²) in [5.41, 5.74) is 0. The van der Waals surface area contributed by atoms with Gasteiger partial charge in [-0.3, -0.25) is 4.74 Å². The molecule has 0 aromatic carbocycles. The maximum Gasteiger partial charge on any atom is 0.495 e. The zero-order valence-electron chi connectivity index (χ0n) is 36.0. The third-order valence-corrected chi connectivity index (χ3v) is 6.92. The van der Waals surface area contributed by atoms with Crippen LogP contribution in [-0.2, 0) is 66.3 Å². The fraction of sp³-hybridized carbons (Fsp3) is 0.892. The average molecular weight is 1000 g/mol. The van der Waals surface area contributed by atoms with Crippen molar-refractivity contribution < 1.29 is 136 Å². The van der Waals surface area contributed by atoms with Gasteiger partial charge in [0, 0.05) is 6.61 Å². The molecule has 5 atom stereocenters. The van der Waals surface area contributed by atoms with Crippen LogP contribution >= 0.6 is 0 Å². The van der Waals surface area contributed by atoms with E-state index in [4.69, 9.17) is 33.2 Å². The molecule has 5 N–H and O–H groups in total. The van der Waals surface area contributed by atoms with Gasteiger partial charge in [0.15, 0.2) is 0 Å². The second kappa shape index (κ2) is 36.0. The van der Waals surface area contributed by atoms with Crippen molar-refractivity contribution in [1.29, 1.82) is 0 Å². The van der Waals surface area contributed by atoms with E-state index in [1.807, 2.05) is 0 Å². The van der Waals surface area contributed by atoms with E-state index in [1.165, 1.54) is 6.08 Å². The van der Waals surface area contributed by atoms with Gasteiger partial charge in [-0.05, 0) is 12.8 Å². The summed E-state index contributed by atoms with van der Waals surface area (Å²) in [5.74, 6) is 0. The summed E-state index contributed by atoms with van der Waals surface area (Å²) in [6.45, 7) is -5.60. The van der Waals surface area contributed by atoms with Gasteiger partial charge in [-0.1, -0.05) is 12.2 Å². The van der Waals surface area contributed by atoms with Crippen molar-refractivity contribution >= 4 is 0 Å². The van der Waals surface area contributed by atoms with Crippen LogP contribution < -0.4 is 0 Å². The first kappa shape index (κ1) is 64.0. The molecule has 0 radical (unpaired) electrons. The molecule has 66 heavy (non-hydrogen) atoms. The van der Waals surface area contributed by atoms with E-state index in [0.717, 1.165) is 0 Å². The number of hydrogen-bond donors (Lipinski definition) is 5. The number of alkyl halides is 10. The van der Waals surface area contributed by atoms with E-state index in [-0.39, 0.29) is 65.9 Å². The van der Waals surface area contributed by atoms with E-state index >= 15 is 0 Å². The minimum atomic E-state index is -5.54. The molecule has 0 bridgehead atoms. The van der Waals surface area contributed by atoms with E-state index < -0.39 is 134 Å². The lowest BCUT2D eigenvalue weighted by Gasteiger charge is -2.26. The zero-order valence-corrected chi connectivity index (χ0v) is 36.0. The number of aliphatic hydroxyl groups excluding tert-OH is 5. The second-order valence-electron chi connectivity index (χ2n) is 13.6. The highest BCUT2D eigenvalue weighted by atomic mass is 19.3. The van der Waals surface area contributed by atoms with Crippen LogP contribution in [0.4, 0.5) is 43.9 Å². The predicted octanol–water partition coefficient (Wildman–Crippen LogP) is 2.05. The van der Waals surface area contributed by atoms with Crippen LogP contribution in [0, 0.1) is 0 Å². The van der Waals surface area contributed by atoms with Crippen molar-refractivity contribution in [2.45, 2.75) is 74.1 Å². The monoisotopic (exact) mass is 1000 g/mol. The zero-order chi connectivity index (χ0) is 50.0. The van der Waals surface area contributed by atoms with Gasteiger partial charge < -0.3 is 77.6 Å². The van der Waals surface area contributed by atoms with Crippen LogP contribution in [0.1, 0.15) is 12.8 Å². The van der Waals surface area contributed by atoms with Gasteiger partial charge in [-0.15, -0.1) is 21.9 Å². The number of aliphatic hydroxyl groups is 5. The van der Waals surface area contributed by atoms with Crippen molar-refractivity contribution in [2.75, 3.05) is 139 Å². The van der Waals surface area contributed by atoms with Gasteiger partial charge in [0.05, 0.1) is 105 Å². The Morgan fingerprint density at radius 3 is 1.23 bits per heavy atom. The fourth-order valence-corrected chi connectivity index (χ4v) is 4.20. The Labute approximate surface area is 374 Å². The van der Waals surface area contributed by atoms with Crippen LogP contribution in [0.5, 0.6) is 0 Å². The van der Waals surface area contributed by atoms with Crippen LogP contribution in [0.2, 0.25) is 0 Å². The Balaban J connectivity index is 4.06. The standard InChI is InChI=1S/C37H62F10O19/c1-3-5-8-54-16-29(49)17-55-9-6-28(48)14-61-25-36(44,45)66-37(46,47)65-35(42,43)23-58-12-10-56-18-30(50)19-57-11-13-59-27-63-26-34(40,41)64-33(38,39)24-62-22-32(52)21-60-20-31(51)15-53-7-4-2/h3-4,28-32,48-52H,1-2,5-27H2. The minimum absolute atomic E-state index is 0.0279. The molecule has 0 aromatic rings. The van der Waals surface area contributed by atoms with Crippen LogP contribution in [0.3, 0.4) is 0 Å². The van der Waals surface area contributed by atoms with Crippen molar-refractivity contribution in [3.8, 4) is 0 Å². The summed E-state index contributed by atoms with van der Waals surface area (Å²) in [5, 5.41) is 48.5. The lowest BCUT2D eigenvalue weighted by Crippen LogP contribution is -2.44. The summed E-state index contributed by atoms with van der Waals surface area (Å²) in [4.78, 5) is 0. The highest BCUT2D eigenvalue weighted by molar-refractivity contribution is 4.66. The number of rotatable bonds is 48. The molecule has 0 rings (SSSR count). The molecule has 0 amide bonds. The first-order valence-corrected chi connectivity index (χ1v) is 19.9. The van der Waals surface area contributed by atoms with E-state index in [0.29, 0.717) is 13.0 Å². The average Bonchev–Trinajstić information content (AvgIpc) is 3.19. The Morgan fingerprint density at radius 2 is 0.727 bits per heavy atom. The molecule has 5 unspecified atom stereocenters. The summed E-state index contributed by atoms with van der Waals surface area (Å²) >= 11 is 0. The summed E-state index contributed by atoms with van der Waals surface area (Å²) in [6.07, 6.45) is -26.9. The highest BCUT2D eigenvalue weighted by Gasteiger charge is 2.52. The van der Waals surface area contributed by atoms with E-state index in [9.17, 15) is 69.4 Å². The lowest BCUT2D eigenvalue weighted by atomic mass is 10.3. The first-order chi connectivity index (χ1) is 30.9. The van der Waals surface area contributed by atoms with Crippen LogP contribution in [-0.4, -0.2) is 226 Å². The minimum Gasteiger partial charge on any atom is -0.391 e. The molecule has 29 heteroatoms. The van der Waals surface area contributed by atoms with Gasteiger partial charge in [0.25, 0.3) is 0 Å². The molecule has 0 aliphatic rings. The Kier molecular flexibility index (Phi) is 35.0. The molecule has 0 aliphatic carbocycles. The summed E-state index contributed by atoms with van der Waals surface area (Å²) < 4.78 is 200. The smallest absolute Gasteiger partial charge is 0.391 e. The topological polar surface area (TPSA) is 230 Å². The number of ether oxygens (including phenoxy) is 14. The van der Waals surface area contributed by atoms with Gasteiger partial charge in [-0.25, -0.2) is 9.47 Å². The van der Waals surface area contributed by atoms with Crippen molar-refractivity contribution in [1.82, 2.24) is 0 Å². The van der Waals surface area contributed by atoms with Crippen molar-refractivity contribution in [2.24, 2.45) is 0 Å². The molecule has 0 spiro atoms. The molecule has 0 fully saturated rings. The Morgan fingerprint density at radius 1 is 0.364 bits per heavy atom. The molecule has 0 saturated heterocycles. The molecule has 19 nitrogen and oxygen atoms in total. The maximum absolute atomic E-state index is 13.8. The maximum atomic E-state index is 13.8. The Hall–Kier alpha value is -1.98. The highest BCUT2D eigenvalue weighted by Crippen LogP contribution is 2.34. The molecule has 0 saturated carbocycles. The second-order valence-corrected chi connectivity index (χ2v) is 13.6. The van der Waals surface area contributed by atoms with Crippen LogP contribution in [0.15, 0.2) is 25.3 Å². The summed E-state index contributed by atoms with van der Waals surface area (Å²) in [6, 6.07) is 0. The predicted molar refractivity (Wildman–Crippen MR) is 202 cm³/mol. The third kappa shape index (κ3) is 40.0. The van der Waals surface area contributed by atoms with Gasteiger partial charge in [0.2, 0.25) is 0 Å². The molecule has 0 heterocycles. The van der Waals surface area contributed by atoms with Crippen molar-refractivity contribution in [3.63, 3.8) is 0 Å².